The molecule has 1 aromatic heterocycles. The predicted molar refractivity (Wildman–Crippen MR) is 48.2 cm³/mol. The summed E-state index contributed by atoms with van der Waals surface area (Å²) in [5.41, 5.74) is 0. The number of rotatable bonds is 2. The van der Waals surface area contributed by atoms with E-state index in [0.717, 1.165) is 12.8 Å². The standard InChI is InChI=1S/C9H12FN3/c10-7-3-1-4-8(7)13-9-11-5-2-6-12-9/h2,5-8H,1,3-4H2,(H,11,12,13)/t7-,8+/m1/s1. The topological polar surface area (TPSA) is 37.8 Å². The van der Waals surface area contributed by atoms with E-state index in [-0.39, 0.29) is 6.04 Å². The molecule has 0 spiro atoms. The van der Waals surface area contributed by atoms with Crippen molar-refractivity contribution in [3.63, 3.8) is 0 Å². The van der Waals surface area contributed by atoms with Crippen LogP contribution in [0, 0.1) is 0 Å². The Morgan fingerprint density at radius 1 is 1.31 bits per heavy atom. The molecule has 0 radical (unpaired) electrons. The molecule has 4 heteroatoms. The van der Waals surface area contributed by atoms with E-state index >= 15 is 0 Å². The van der Waals surface area contributed by atoms with Gasteiger partial charge in [0.05, 0.1) is 6.04 Å². The molecule has 1 N–H and O–H groups in total. The van der Waals surface area contributed by atoms with Crippen molar-refractivity contribution in [3.05, 3.63) is 18.5 Å². The molecule has 1 aliphatic carbocycles. The van der Waals surface area contributed by atoms with Crippen LogP contribution >= 0.6 is 0 Å². The lowest BCUT2D eigenvalue weighted by molar-refractivity contribution is 0.323. The van der Waals surface area contributed by atoms with Gasteiger partial charge in [0.25, 0.3) is 0 Å². The Morgan fingerprint density at radius 2 is 2.08 bits per heavy atom. The van der Waals surface area contributed by atoms with Crippen molar-refractivity contribution in [2.45, 2.75) is 31.5 Å². The van der Waals surface area contributed by atoms with E-state index in [2.05, 4.69) is 15.3 Å². The molecular weight excluding hydrogens is 169 g/mol. The molecule has 0 unspecified atom stereocenters. The summed E-state index contributed by atoms with van der Waals surface area (Å²) in [5, 5.41) is 2.99. The quantitative estimate of drug-likeness (QED) is 0.755. The molecule has 0 aromatic carbocycles. The van der Waals surface area contributed by atoms with Crippen LogP contribution in [0.2, 0.25) is 0 Å². The Balaban J connectivity index is 1.98. The summed E-state index contributed by atoms with van der Waals surface area (Å²) in [7, 11) is 0. The zero-order valence-electron chi connectivity index (χ0n) is 7.28. The first-order valence-corrected chi connectivity index (χ1v) is 4.54. The molecule has 2 rings (SSSR count). The molecule has 0 aliphatic heterocycles. The summed E-state index contributed by atoms with van der Waals surface area (Å²) >= 11 is 0. The normalized spacial score (nSPS) is 27.5. The second-order valence-electron chi connectivity index (χ2n) is 3.27. The minimum absolute atomic E-state index is 0.0950. The third-order valence-electron chi connectivity index (χ3n) is 2.31. The Hall–Kier alpha value is -1.19. The zero-order chi connectivity index (χ0) is 9.10. The van der Waals surface area contributed by atoms with Crippen LogP contribution in [0.3, 0.4) is 0 Å². The van der Waals surface area contributed by atoms with E-state index < -0.39 is 6.17 Å². The minimum Gasteiger partial charge on any atom is -0.349 e. The molecule has 2 atom stereocenters. The molecule has 0 amide bonds. The summed E-state index contributed by atoms with van der Waals surface area (Å²) in [6.45, 7) is 0. The van der Waals surface area contributed by atoms with Gasteiger partial charge in [0.15, 0.2) is 0 Å². The summed E-state index contributed by atoms with van der Waals surface area (Å²) in [5.74, 6) is 0.525. The summed E-state index contributed by atoms with van der Waals surface area (Å²) in [6.07, 6.45) is 5.04. The maximum atomic E-state index is 13.2. The number of nitrogens with zero attached hydrogens (tertiary/aromatic N) is 2. The number of hydrogen-bond acceptors (Lipinski definition) is 3. The molecule has 0 saturated heterocycles. The zero-order valence-corrected chi connectivity index (χ0v) is 7.28. The first-order chi connectivity index (χ1) is 6.36. The van der Waals surface area contributed by atoms with Gasteiger partial charge < -0.3 is 5.32 Å². The van der Waals surface area contributed by atoms with Crippen molar-refractivity contribution < 1.29 is 4.39 Å². The van der Waals surface area contributed by atoms with Crippen molar-refractivity contribution in [1.82, 2.24) is 9.97 Å². The fourth-order valence-electron chi connectivity index (χ4n) is 1.62. The largest absolute Gasteiger partial charge is 0.349 e. The molecule has 3 nitrogen and oxygen atoms in total. The summed E-state index contributed by atoms with van der Waals surface area (Å²) in [4.78, 5) is 7.98. The van der Waals surface area contributed by atoms with Crippen LogP contribution in [0.4, 0.5) is 10.3 Å². The van der Waals surface area contributed by atoms with Crippen molar-refractivity contribution in [3.8, 4) is 0 Å². The predicted octanol–water partition coefficient (Wildman–Crippen LogP) is 1.78. The van der Waals surface area contributed by atoms with Gasteiger partial charge in [-0.3, -0.25) is 0 Å². The van der Waals surface area contributed by atoms with E-state index in [1.165, 1.54) is 0 Å². The van der Waals surface area contributed by atoms with Gasteiger partial charge in [-0.2, -0.15) is 0 Å². The molecule has 70 valence electrons. The lowest BCUT2D eigenvalue weighted by Gasteiger charge is -2.13. The van der Waals surface area contributed by atoms with Crippen LogP contribution < -0.4 is 5.32 Å². The van der Waals surface area contributed by atoms with Gasteiger partial charge in [0.2, 0.25) is 5.95 Å². The molecular formula is C9H12FN3. The smallest absolute Gasteiger partial charge is 0.222 e. The highest BCUT2D eigenvalue weighted by Crippen LogP contribution is 2.23. The van der Waals surface area contributed by atoms with Crippen molar-refractivity contribution >= 4 is 5.95 Å². The maximum absolute atomic E-state index is 13.2. The van der Waals surface area contributed by atoms with Crippen molar-refractivity contribution in [2.75, 3.05) is 5.32 Å². The van der Waals surface area contributed by atoms with E-state index in [1.807, 2.05) is 0 Å². The van der Waals surface area contributed by atoms with E-state index in [9.17, 15) is 4.39 Å². The highest BCUT2D eigenvalue weighted by Gasteiger charge is 2.27. The molecule has 1 saturated carbocycles. The number of halogens is 1. The van der Waals surface area contributed by atoms with E-state index in [4.69, 9.17) is 0 Å². The second-order valence-corrected chi connectivity index (χ2v) is 3.27. The molecule has 13 heavy (non-hydrogen) atoms. The van der Waals surface area contributed by atoms with Crippen LogP contribution in [0.5, 0.6) is 0 Å². The third-order valence-corrected chi connectivity index (χ3v) is 2.31. The van der Waals surface area contributed by atoms with E-state index in [1.54, 1.807) is 18.5 Å². The number of alkyl halides is 1. The fourth-order valence-corrected chi connectivity index (χ4v) is 1.62. The van der Waals surface area contributed by atoms with Crippen LogP contribution in [0.15, 0.2) is 18.5 Å². The number of hydrogen-bond donors (Lipinski definition) is 1. The van der Waals surface area contributed by atoms with Crippen molar-refractivity contribution in [2.24, 2.45) is 0 Å². The SMILES string of the molecule is F[C@@H]1CCC[C@@H]1Nc1ncccn1. The van der Waals surface area contributed by atoms with Gasteiger partial charge in [-0.05, 0) is 25.3 Å². The highest BCUT2D eigenvalue weighted by atomic mass is 19.1. The number of nitrogens with one attached hydrogen (secondary N) is 1. The Labute approximate surface area is 76.4 Å². The first-order valence-electron chi connectivity index (χ1n) is 4.54. The minimum atomic E-state index is -0.746. The van der Waals surface area contributed by atoms with Gasteiger partial charge in [-0.25, -0.2) is 14.4 Å². The van der Waals surface area contributed by atoms with E-state index in [0.29, 0.717) is 12.4 Å². The van der Waals surface area contributed by atoms with Crippen LogP contribution in [0.1, 0.15) is 19.3 Å². The molecule has 1 heterocycles. The lowest BCUT2D eigenvalue weighted by Crippen LogP contribution is -2.25. The van der Waals surface area contributed by atoms with Gasteiger partial charge in [0, 0.05) is 12.4 Å². The van der Waals surface area contributed by atoms with Gasteiger partial charge >= 0.3 is 0 Å². The summed E-state index contributed by atoms with van der Waals surface area (Å²) in [6, 6.07) is 1.65. The maximum Gasteiger partial charge on any atom is 0.222 e. The first kappa shape index (κ1) is 8.41. The average molecular weight is 181 g/mol. The fraction of sp³-hybridized carbons (Fsp3) is 0.556. The van der Waals surface area contributed by atoms with Gasteiger partial charge in [0.1, 0.15) is 6.17 Å². The number of aromatic nitrogens is 2. The molecule has 1 aliphatic rings. The van der Waals surface area contributed by atoms with Crippen molar-refractivity contribution in [1.29, 1.82) is 0 Å². The van der Waals surface area contributed by atoms with Crippen LogP contribution in [-0.2, 0) is 0 Å². The highest BCUT2D eigenvalue weighted by molar-refractivity contribution is 5.25. The number of anilines is 1. The molecule has 0 bridgehead atoms. The molecule has 1 fully saturated rings. The third kappa shape index (κ3) is 1.94. The Morgan fingerprint density at radius 3 is 2.69 bits per heavy atom. The van der Waals surface area contributed by atoms with Gasteiger partial charge in [-0.1, -0.05) is 0 Å². The van der Waals surface area contributed by atoms with Crippen LogP contribution in [0.25, 0.3) is 0 Å². The summed E-state index contributed by atoms with van der Waals surface area (Å²) < 4.78 is 13.2. The molecule has 1 aromatic rings. The van der Waals surface area contributed by atoms with Crippen LogP contribution in [-0.4, -0.2) is 22.2 Å². The lowest BCUT2D eigenvalue weighted by atomic mass is 10.2. The monoisotopic (exact) mass is 181 g/mol. The van der Waals surface area contributed by atoms with Gasteiger partial charge in [-0.15, -0.1) is 0 Å². The Bertz CT molecular complexity index is 265. The average Bonchev–Trinajstić information content (AvgIpc) is 2.54. The second kappa shape index (κ2) is 3.68. The Kier molecular flexibility index (Phi) is 2.38.